The second kappa shape index (κ2) is 10.4. The first-order valence-corrected chi connectivity index (χ1v) is 12.5. The molecule has 2 aromatic heterocycles. The van der Waals surface area contributed by atoms with Gasteiger partial charge in [0.15, 0.2) is 17.5 Å². The van der Waals surface area contributed by atoms with Crippen LogP contribution in [0.3, 0.4) is 0 Å². The van der Waals surface area contributed by atoms with Gasteiger partial charge < -0.3 is 14.7 Å². The van der Waals surface area contributed by atoms with Gasteiger partial charge in [0.2, 0.25) is 17.7 Å². The summed E-state index contributed by atoms with van der Waals surface area (Å²) in [6.45, 7) is 5.23. The van der Waals surface area contributed by atoms with Crippen molar-refractivity contribution in [2.75, 3.05) is 44.2 Å². The van der Waals surface area contributed by atoms with E-state index in [1.807, 2.05) is 24.3 Å². The van der Waals surface area contributed by atoms with E-state index in [1.165, 1.54) is 6.92 Å². The summed E-state index contributed by atoms with van der Waals surface area (Å²) >= 11 is 6.05. The molecular formula is C25H28ClF3N6O. The Morgan fingerprint density at radius 1 is 1.03 bits per heavy atom. The van der Waals surface area contributed by atoms with E-state index in [0.29, 0.717) is 56.0 Å². The summed E-state index contributed by atoms with van der Waals surface area (Å²) in [4.78, 5) is 12.1. The third-order valence-electron chi connectivity index (χ3n) is 7.28. The highest BCUT2D eigenvalue weighted by Crippen LogP contribution is 2.47. The number of benzene rings is 1. The highest BCUT2D eigenvalue weighted by atomic mass is 35.5. The predicted molar refractivity (Wildman–Crippen MR) is 130 cm³/mol. The minimum Gasteiger partial charge on any atom is -0.351 e. The van der Waals surface area contributed by atoms with Crippen LogP contribution < -0.4 is 10.2 Å². The fourth-order valence-corrected chi connectivity index (χ4v) is 4.99. The van der Waals surface area contributed by atoms with E-state index in [0.717, 1.165) is 31.4 Å². The number of hydrogen-bond donors (Lipinski definition) is 1. The lowest BCUT2D eigenvalue weighted by Crippen LogP contribution is -2.48. The zero-order chi connectivity index (χ0) is 25.3. The minimum absolute atomic E-state index is 0.205. The second-order valence-electron chi connectivity index (χ2n) is 9.44. The van der Waals surface area contributed by atoms with Crippen LogP contribution in [0.4, 0.5) is 19.0 Å². The van der Waals surface area contributed by atoms with Crippen molar-refractivity contribution in [2.24, 2.45) is 0 Å². The molecule has 5 rings (SSSR count). The first-order chi connectivity index (χ1) is 17.4. The van der Waals surface area contributed by atoms with E-state index < -0.39 is 23.1 Å². The zero-order valence-corrected chi connectivity index (χ0v) is 20.8. The van der Waals surface area contributed by atoms with Crippen LogP contribution >= 0.6 is 11.6 Å². The lowest BCUT2D eigenvalue weighted by Gasteiger charge is -2.39. The van der Waals surface area contributed by atoms with Crippen molar-refractivity contribution in [1.29, 1.82) is 0 Å². The van der Waals surface area contributed by atoms with Gasteiger partial charge in [-0.1, -0.05) is 35.3 Å². The van der Waals surface area contributed by atoms with Gasteiger partial charge in [-0.05, 0) is 37.5 Å². The molecule has 0 bridgehead atoms. The lowest BCUT2D eigenvalue weighted by molar-refractivity contribution is 0.253. The first kappa shape index (κ1) is 25.0. The number of pyridine rings is 1. The number of anilines is 1. The van der Waals surface area contributed by atoms with Gasteiger partial charge in [0.05, 0.1) is 12.0 Å². The fourth-order valence-electron chi connectivity index (χ4n) is 4.87. The Balaban J connectivity index is 1.09. The number of piperazine rings is 1. The predicted octanol–water partition coefficient (Wildman–Crippen LogP) is 4.23. The summed E-state index contributed by atoms with van der Waals surface area (Å²) in [7, 11) is 0. The molecule has 0 unspecified atom stereocenters. The van der Waals surface area contributed by atoms with Crippen molar-refractivity contribution < 1.29 is 17.7 Å². The maximum atomic E-state index is 14.3. The Kier molecular flexibility index (Phi) is 7.18. The number of halogens is 4. The molecule has 3 heterocycles. The molecule has 1 saturated heterocycles. The molecule has 3 aromatic rings. The molecular weight excluding hydrogens is 493 g/mol. The number of rotatable bonds is 8. The molecule has 7 nitrogen and oxygen atoms in total. The third-order valence-corrected chi connectivity index (χ3v) is 7.54. The molecule has 0 spiro atoms. The minimum atomic E-state index is -1.18. The normalized spacial score (nSPS) is 17.9. The topological polar surface area (TPSA) is 70.3 Å². The van der Waals surface area contributed by atoms with Crippen molar-refractivity contribution in [3.05, 3.63) is 69.7 Å². The van der Waals surface area contributed by atoms with Gasteiger partial charge in [0, 0.05) is 49.9 Å². The Labute approximate surface area is 212 Å². The van der Waals surface area contributed by atoms with Crippen LogP contribution in [0, 0.1) is 24.5 Å². The van der Waals surface area contributed by atoms with Gasteiger partial charge in [-0.3, -0.25) is 4.90 Å². The quantitative estimate of drug-likeness (QED) is 0.352. The monoisotopic (exact) mass is 520 g/mol. The Morgan fingerprint density at radius 2 is 1.75 bits per heavy atom. The van der Waals surface area contributed by atoms with Gasteiger partial charge >= 0.3 is 0 Å². The van der Waals surface area contributed by atoms with Crippen molar-refractivity contribution in [1.82, 2.24) is 25.3 Å². The van der Waals surface area contributed by atoms with E-state index in [-0.39, 0.29) is 11.2 Å². The summed E-state index contributed by atoms with van der Waals surface area (Å²) in [6.07, 6.45) is 3.08. The highest BCUT2D eigenvalue weighted by Gasteiger charge is 2.44. The molecule has 1 N–H and O–H groups in total. The average Bonchev–Trinajstić information content (AvgIpc) is 3.32. The van der Waals surface area contributed by atoms with Crippen molar-refractivity contribution in [3.8, 4) is 0 Å². The van der Waals surface area contributed by atoms with E-state index >= 15 is 0 Å². The van der Waals surface area contributed by atoms with E-state index in [9.17, 15) is 13.2 Å². The Bertz CT molecular complexity index is 1210. The lowest BCUT2D eigenvalue weighted by atomic mass is 9.64. The molecule has 1 aliphatic heterocycles. The molecule has 2 fully saturated rings. The van der Waals surface area contributed by atoms with Crippen LogP contribution in [0.2, 0.25) is 5.02 Å². The Morgan fingerprint density at radius 3 is 2.42 bits per heavy atom. The standard InChI is InChI=1S/C25H28ClF3N6O/c1-16-20(27)21(28)23(32-22(16)29)35-13-11-34(12-14-35)10-9-30-15-19-31-24(33-36-19)25(7-2-8-25)17-3-5-18(26)6-4-17/h3-6,30H,2,7-15H2,1H3. The smallest absolute Gasteiger partial charge is 0.240 e. The fraction of sp³-hybridized carbons (Fsp3) is 0.480. The summed E-state index contributed by atoms with van der Waals surface area (Å²) < 4.78 is 47.5. The van der Waals surface area contributed by atoms with Crippen LogP contribution in [-0.4, -0.2) is 59.3 Å². The largest absolute Gasteiger partial charge is 0.351 e. The molecule has 36 heavy (non-hydrogen) atoms. The molecule has 1 aromatic carbocycles. The SMILES string of the molecule is Cc1c(F)nc(N2CCN(CCNCc3nc(C4(c5ccc(Cl)cc5)CCC4)no3)CC2)c(F)c1F. The second-order valence-corrected chi connectivity index (χ2v) is 9.88. The molecule has 1 saturated carbocycles. The molecule has 0 radical (unpaired) electrons. The number of nitrogens with zero attached hydrogens (tertiary/aromatic N) is 5. The summed E-state index contributed by atoms with van der Waals surface area (Å²) in [5, 5.41) is 8.31. The van der Waals surface area contributed by atoms with E-state index in [4.69, 9.17) is 16.1 Å². The van der Waals surface area contributed by atoms with Crippen molar-refractivity contribution >= 4 is 17.4 Å². The van der Waals surface area contributed by atoms with Crippen molar-refractivity contribution in [3.63, 3.8) is 0 Å². The van der Waals surface area contributed by atoms with Gasteiger partial charge in [-0.25, -0.2) is 4.39 Å². The molecule has 2 aliphatic rings. The van der Waals surface area contributed by atoms with Crippen molar-refractivity contribution in [2.45, 2.75) is 38.1 Å². The molecule has 0 atom stereocenters. The summed E-state index contributed by atoms with van der Waals surface area (Å²) in [6, 6.07) is 7.85. The van der Waals surface area contributed by atoms with Gasteiger partial charge in [0.25, 0.3) is 0 Å². The van der Waals surface area contributed by atoms with Crippen LogP contribution in [0.1, 0.15) is 42.1 Å². The van der Waals surface area contributed by atoms with Crippen LogP contribution in [0.25, 0.3) is 0 Å². The number of nitrogens with one attached hydrogen (secondary N) is 1. The number of aromatic nitrogens is 3. The highest BCUT2D eigenvalue weighted by molar-refractivity contribution is 6.30. The Hall–Kier alpha value is -2.69. The zero-order valence-electron chi connectivity index (χ0n) is 20.0. The van der Waals surface area contributed by atoms with Crippen LogP contribution in [-0.2, 0) is 12.0 Å². The maximum Gasteiger partial charge on any atom is 0.240 e. The third kappa shape index (κ3) is 4.81. The molecule has 192 valence electrons. The summed E-state index contributed by atoms with van der Waals surface area (Å²) in [5.41, 5.74) is 0.551. The number of hydrogen-bond acceptors (Lipinski definition) is 7. The van der Waals surface area contributed by atoms with Gasteiger partial charge in [-0.2, -0.15) is 18.7 Å². The maximum absolute atomic E-state index is 14.3. The first-order valence-electron chi connectivity index (χ1n) is 12.2. The summed E-state index contributed by atoms with van der Waals surface area (Å²) in [5.74, 6) is -2.25. The molecule has 11 heteroatoms. The van der Waals surface area contributed by atoms with Gasteiger partial charge in [0.1, 0.15) is 0 Å². The average molecular weight is 521 g/mol. The molecule has 1 aliphatic carbocycles. The molecule has 0 amide bonds. The van der Waals surface area contributed by atoms with E-state index in [1.54, 1.807) is 4.90 Å². The van der Waals surface area contributed by atoms with Crippen LogP contribution in [0.5, 0.6) is 0 Å². The van der Waals surface area contributed by atoms with Crippen LogP contribution in [0.15, 0.2) is 28.8 Å². The van der Waals surface area contributed by atoms with Gasteiger partial charge in [-0.15, -0.1) is 0 Å². The van der Waals surface area contributed by atoms with E-state index in [2.05, 4.69) is 25.3 Å².